The predicted molar refractivity (Wildman–Crippen MR) is 100 cm³/mol. The maximum atomic E-state index is 9.53. The molecule has 0 fully saturated rings. The lowest BCUT2D eigenvalue weighted by molar-refractivity contribution is 0.475. The molecule has 3 aromatic rings. The van der Waals surface area contributed by atoms with Crippen LogP contribution >= 0.6 is 0 Å². The molecule has 1 aliphatic rings. The van der Waals surface area contributed by atoms with Crippen LogP contribution in [-0.2, 0) is 0 Å². The van der Waals surface area contributed by atoms with Gasteiger partial charge in [0, 0.05) is 18.8 Å². The van der Waals surface area contributed by atoms with Gasteiger partial charge in [-0.1, -0.05) is 60.7 Å². The van der Waals surface area contributed by atoms with Crippen LogP contribution in [0.5, 0.6) is 5.75 Å². The van der Waals surface area contributed by atoms with Gasteiger partial charge in [0.25, 0.3) is 0 Å². The molecule has 1 heterocycles. The van der Waals surface area contributed by atoms with Gasteiger partial charge in [-0.15, -0.1) is 0 Å². The van der Waals surface area contributed by atoms with E-state index in [0.29, 0.717) is 5.75 Å². The van der Waals surface area contributed by atoms with E-state index in [0.717, 1.165) is 18.8 Å². The zero-order chi connectivity index (χ0) is 16.4. The van der Waals surface area contributed by atoms with Gasteiger partial charge >= 0.3 is 0 Å². The van der Waals surface area contributed by atoms with Gasteiger partial charge in [0.2, 0.25) is 0 Å². The minimum absolute atomic E-state index is 0.303. The van der Waals surface area contributed by atoms with Crippen LogP contribution < -0.4 is 4.90 Å². The molecule has 1 aliphatic heterocycles. The van der Waals surface area contributed by atoms with E-state index in [9.17, 15) is 5.11 Å². The van der Waals surface area contributed by atoms with Gasteiger partial charge in [-0.25, -0.2) is 0 Å². The lowest BCUT2D eigenvalue weighted by Crippen LogP contribution is -2.20. The Kier molecular flexibility index (Phi) is 3.80. The van der Waals surface area contributed by atoms with Crippen LogP contribution in [0, 0.1) is 0 Å². The number of rotatable bonds is 3. The Labute approximate surface area is 142 Å². The van der Waals surface area contributed by atoms with Crippen molar-refractivity contribution in [1.29, 1.82) is 0 Å². The highest BCUT2D eigenvalue weighted by atomic mass is 16.3. The molecule has 0 saturated heterocycles. The van der Waals surface area contributed by atoms with Gasteiger partial charge < -0.3 is 10.0 Å². The Bertz CT molecular complexity index is 800. The summed E-state index contributed by atoms with van der Waals surface area (Å²) >= 11 is 0. The van der Waals surface area contributed by atoms with E-state index >= 15 is 0 Å². The van der Waals surface area contributed by atoms with Crippen molar-refractivity contribution in [3.05, 3.63) is 96.1 Å². The second-order valence-corrected chi connectivity index (χ2v) is 6.06. The van der Waals surface area contributed by atoms with E-state index in [1.165, 1.54) is 22.3 Å². The Hall–Kier alpha value is -3.00. The second kappa shape index (κ2) is 6.25. The molecule has 2 heteroatoms. The molecule has 0 aromatic heterocycles. The van der Waals surface area contributed by atoms with Gasteiger partial charge in [0.1, 0.15) is 5.75 Å². The van der Waals surface area contributed by atoms with Crippen LogP contribution in [0.3, 0.4) is 0 Å². The van der Waals surface area contributed by atoms with Gasteiger partial charge in [-0.3, -0.25) is 0 Å². The summed E-state index contributed by atoms with van der Waals surface area (Å²) < 4.78 is 0. The van der Waals surface area contributed by atoms with E-state index in [-0.39, 0.29) is 0 Å². The summed E-state index contributed by atoms with van der Waals surface area (Å²) in [5.74, 6) is 0.303. The first kappa shape index (κ1) is 14.6. The van der Waals surface area contributed by atoms with Gasteiger partial charge in [-0.2, -0.15) is 0 Å². The predicted octanol–water partition coefficient (Wildman–Crippen LogP) is 4.82. The first-order valence-electron chi connectivity index (χ1n) is 8.18. The molecule has 0 radical (unpaired) electrons. The SMILES string of the molecule is Oc1ccc(N2CC(c3ccccc3)=C(c3ccccc3)C2)cc1. The summed E-state index contributed by atoms with van der Waals surface area (Å²) in [4.78, 5) is 2.35. The normalized spacial score (nSPS) is 14.2. The van der Waals surface area contributed by atoms with Crippen LogP contribution in [0.25, 0.3) is 11.1 Å². The highest BCUT2D eigenvalue weighted by molar-refractivity contribution is 5.97. The summed E-state index contributed by atoms with van der Waals surface area (Å²) in [6.07, 6.45) is 0. The lowest BCUT2D eigenvalue weighted by atomic mass is 9.97. The van der Waals surface area contributed by atoms with Crippen molar-refractivity contribution < 1.29 is 5.11 Å². The average Bonchev–Trinajstić information content (AvgIpc) is 3.09. The largest absolute Gasteiger partial charge is 0.508 e. The van der Waals surface area contributed by atoms with Crippen LogP contribution in [0.1, 0.15) is 11.1 Å². The van der Waals surface area contributed by atoms with Crippen LogP contribution in [0.15, 0.2) is 84.9 Å². The summed E-state index contributed by atoms with van der Waals surface area (Å²) in [5, 5.41) is 9.53. The number of phenols is 1. The Balaban J connectivity index is 1.74. The van der Waals surface area contributed by atoms with Gasteiger partial charge in [0.15, 0.2) is 0 Å². The van der Waals surface area contributed by atoms with Gasteiger partial charge in [0.05, 0.1) is 0 Å². The number of hydrogen-bond donors (Lipinski definition) is 1. The number of benzene rings is 3. The summed E-state index contributed by atoms with van der Waals surface area (Å²) in [5.41, 5.74) is 6.42. The number of hydrogen-bond acceptors (Lipinski definition) is 2. The standard InChI is InChI=1S/C22H19NO/c24-20-13-11-19(12-14-20)23-15-21(17-7-3-1-4-8-17)22(16-23)18-9-5-2-6-10-18/h1-14,24H,15-16H2. The Morgan fingerprint density at radius 1 is 0.583 bits per heavy atom. The molecule has 3 aromatic carbocycles. The highest BCUT2D eigenvalue weighted by Crippen LogP contribution is 2.36. The highest BCUT2D eigenvalue weighted by Gasteiger charge is 2.24. The molecule has 0 saturated carbocycles. The molecule has 2 nitrogen and oxygen atoms in total. The smallest absolute Gasteiger partial charge is 0.115 e. The van der Waals surface area contributed by atoms with Gasteiger partial charge in [-0.05, 0) is 46.5 Å². The average molecular weight is 313 g/mol. The van der Waals surface area contributed by atoms with Crippen LogP contribution in [-0.4, -0.2) is 18.2 Å². The van der Waals surface area contributed by atoms with Crippen molar-refractivity contribution in [3.8, 4) is 5.75 Å². The lowest BCUT2D eigenvalue weighted by Gasteiger charge is -2.19. The summed E-state index contributed by atoms with van der Waals surface area (Å²) in [6, 6.07) is 28.6. The fourth-order valence-electron chi connectivity index (χ4n) is 3.28. The fraction of sp³-hybridized carbons (Fsp3) is 0.0909. The van der Waals surface area contributed by atoms with E-state index in [2.05, 4.69) is 65.6 Å². The zero-order valence-corrected chi connectivity index (χ0v) is 13.4. The zero-order valence-electron chi connectivity index (χ0n) is 13.4. The number of nitrogens with zero attached hydrogens (tertiary/aromatic N) is 1. The molecule has 0 spiro atoms. The third kappa shape index (κ3) is 2.79. The van der Waals surface area contributed by atoms with Crippen molar-refractivity contribution in [2.75, 3.05) is 18.0 Å². The van der Waals surface area contributed by atoms with E-state index in [4.69, 9.17) is 0 Å². The van der Waals surface area contributed by atoms with E-state index in [1.807, 2.05) is 12.1 Å². The Morgan fingerprint density at radius 3 is 1.50 bits per heavy atom. The molecule has 0 unspecified atom stereocenters. The molecule has 0 amide bonds. The minimum atomic E-state index is 0.303. The van der Waals surface area contributed by atoms with Crippen molar-refractivity contribution in [2.24, 2.45) is 0 Å². The number of aromatic hydroxyl groups is 1. The van der Waals surface area contributed by atoms with Crippen LogP contribution in [0.2, 0.25) is 0 Å². The molecular formula is C22H19NO. The van der Waals surface area contributed by atoms with E-state index in [1.54, 1.807) is 12.1 Å². The quantitative estimate of drug-likeness (QED) is 0.749. The first-order chi connectivity index (χ1) is 11.8. The number of phenolic OH excluding ortho intramolecular Hbond substituents is 1. The van der Waals surface area contributed by atoms with Crippen molar-refractivity contribution >= 4 is 16.8 Å². The topological polar surface area (TPSA) is 23.5 Å². The first-order valence-corrected chi connectivity index (χ1v) is 8.18. The maximum Gasteiger partial charge on any atom is 0.115 e. The molecule has 24 heavy (non-hydrogen) atoms. The third-order valence-electron chi connectivity index (χ3n) is 4.52. The minimum Gasteiger partial charge on any atom is -0.508 e. The molecule has 0 bridgehead atoms. The van der Waals surface area contributed by atoms with Crippen LogP contribution in [0.4, 0.5) is 5.69 Å². The molecule has 118 valence electrons. The summed E-state index contributed by atoms with van der Waals surface area (Å²) in [6.45, 7) is 1.75. The second-order valence-electron chi connectivity index (χ2n) is 6.06. The maximum absolute atomic E-state index is 9.53. The summed E-state index contributed by atoms with van der Waals surface area (Å²) in [7, 11) is 0. The molecule has 0 aliphatic carbocycles. The fourth-order valence-corrected chi connectivity index (χ4v) is 3.28. The van der Waals surface area contributed by atoms with Crippen molar-refractivity contribution in [2.45, 2.75) is 0 Å². The van der Waals surface area contributed by atoms with Crippen molar-refractivity contribution in [1.82, 2.24) is 0 Å². The molecular weight excluding hydrogens is 294 g/mol. The number of anilines is 1. The monoisotopic (exact) mass is 313 g/mol. The third-order valence-corrected chi connectivity index (χ3v) is 4.52. The van der Waals surface area contributed by atoms with Crippen molar-refractivity contribution in [3.63, 3.8) is 0 Å². The molecule has 0 atom stereocenters. The molecule has 1 N–H and O–H groups in total. The van der Waals surface area contributed by atoms with E-state index < -0.39 is 0 Å². The molecule has 4 rings (SSSR count). The Morgan fingerprint density at radius 2 is 1.04 bits per heavy atom.